The van der Waals surface area contributed by atoms with Crippen LogP contribution < -0.4 is 18.1 Å². The molecule has 45 heavy (non-hydrogen) atoms. The van der Waals surface area contributed by atoms with Gasteiger partial charge in [0.15, 0.2) is 5.82 Å². The number of anilines is 2. The van der Waals surface area contributed by atoms with Crippen LogP contribution in [0.15, 0.2) is 88.8 Å². The third kappa shape index (κ3) is 7.23. The van der Waals surface area contributed by atoms with E-state index in [0.29, 0.717) is 10.1 Å². The number of pyridine rings is 1. The number of rotatable bonds is 12. The quantitative estimate of drug-likeness (QED) is 0.196. The van der Waals surface area contributed by atoms with Gasteiger partial charge in [0.05, 0.1) is 42.5 Å². The number of carbonyl (C=O) groups is 1. The number of halogens is 3. The van der Waals surface area contributed by atoms with Gasteiger partial charge < -0.3 is 14.2 Å². The molecule has 0 spiro atoms. The Balaban J connectivity index is 1.94. The molecule has 0 fully saturated rings. The fourth-order valence-electron chi connectivity index (χ4n) is 4.37. The predicted octanol–water partition coefficient (Wildman–Crippen LogP) is 4.77. The van der Waals surface area contributed by atoms with Crippen LogP contribution in [0.2, 0.25) is 0 Å². The topological polar surface area (TPSA) is 132 Å². The Kier molecular flexibility index (Phi) is 9.77. The van der Waals surface area contributed by atoms with Crippen molar-refractivity contribution in [1.29, 1.82) is 0 Å². The third-order valence-electron chi connectivity index (χ3n) is 6.45. The maximum atomic E-state index is 13.9. The molecule has 0 saturated heterocycles. The third-order valence-corrected chi connectivity index (χ3v) is 9.98. The highest BCUT2D eigenvalue weighted by atomic mass is 32.2. The lowest BCUT2D eigenvalue weighted by atomic mass is 10.1. The van der Waals surface area contributed by atoms with Gasteiger partial charge in [-0.3, -0.25) is 9.10 Å². The molecule has 1 aromatic heterocycles. The molecule has 240 valence electrons. The van der Waals surface area contributed by atoms with Gasteiger partial charge in [0.2, 0.25) is 0 Å². The Morgan fingerprint density at radius 1 is 0.778 bits per heavy atom. The van der Waals surface area contributed by atoms with Crippen molar-refractivity contribution in [3.05, 3.63) is 79.0 Å². The molecule has 0 amide bonds. The number of methoxy groups -OCH3 is 2. The van der Waals surface area contributed by atoms with Crippen molar-refractivity contribution in [2.75, 3.05) is 42.5 Å². The molecule has 0 aliphatic carbocycles. The summed E-state index contributed by atoms with van der Waals surface area (Å²) in [4.78, 5) is 16.1. The predicted molar refractivity (Wildman–Crippen MR) is 159 cm³/mol. The highest BCUT2D eigenvalue weighted by molar-refractivity contribution is 7.93. The highest BCUT2D eigenvalue weighted by Gasteiger charge is 2.39. The number of fused-ring (bicyclic) bond motifs is 1. The van der Waals surface area contributed by atoms with Crippen LogP contribution >= 0.6 is 0 Å². The normalized spacial score (nSPS) is 12.0. The molecule has 0 bridgehead atoms. The second-order valence-corrected chi connectivity index (χ2v) is 13.0. The van der Waals surface area contributed by atoms with E-state index >= 15 is 0 Å². The fourth-order valence-corrected chi connectivity index (χ4v) is 7.21. The first-order valence-corrected chi connectivity index (χ1v) is 16.0. The van der Waals surface area contributed by atoms with Crippen molar-refractivity contribution in [1.82, 2.24) is 4.98 Å². The Morgan fingerprint density at radius 2 is 1.27 bits per heavy atom. The summed E-state index contributed by atoms with van der Waals surface area (Å²) in [7, 11) is -6.63. The Hall–Kier alpha value is -4.57. The number of benzene rings is 3. The van der Waals surface area contributed by atoms with E-state index in [1.807, 2.05) is 0 Å². The maximum Gasteiger partial charge on any atom is 0.407 e. The number of nitrogens with zero attached hydrogens (tertiary/aromatic N) is 3. The molecular formula is C29H28F3N3O8S2. The first kappa shape index (κ1) is 33.3. The number of hydrogen-bond acceptors (Lipinski definition) is 9. The Bertz CT molecular complexity index is 1890. The minimum Gasteiger partial charge on any atom is -0.497 e. The molecule has 0 aliphatic heterocycles. The minimum absolute atomic E-state index is 0.0477. The molecule has 0 radical (unpaired) electrons. The van der Waals surface area contributed by atoms with Crippen molar-refractivity contribution in [3.8, 4) is 11.5 Å². The summed E-state index contributed by atoms with van der Waals surface area (Å²) in [5.74, 6) is -0.619. The zero-order valence-corrected chi connectivity index (χ0v) is 25.8. The molecule has 0 atom stereocenters. The summed E-state index contributed by atoms with van der Waals surface area (Å²) in [6, 6.07) is 15.6. The van der Waals surface area contributed by atoms with Crippen LogP contribution in [0.4, 0.5) is 24.7 Å². The number of carbonyl (C=O) groups excluding carboxylic acids is 1. The first-order chi connectivity index (χ1) is 21.2. The van der Waals surface area contributed by atoms with Gasteiger partial charge in [-0.05, 0) is 55.5 Å². The lowest BCUT2D eigenvalue weighted by Crippen LogP contribution is -2.40. The summed E-state index contributed by atoms with van der Waals surface area (Å²) in [5, 5.41) is -0.129. The van der Waals surface area contributed by atoms with Crippen LogP contribution in [0.25, 0.3) is 10.8 Å². The van der Waals surface area contributed by atoms with E-state index < -0.39 is 55.9 Å². The summed E-state index contributed by atoms with van der Waals surface area (Å²) in [5.41, 5.74) is -0.472. The largest absolute Gasteiger partial charge is 0.497 e. The van der Waals surface area contributed by atoms with Gasteiger partial charge in [0.1, 0.15) is 24.6 Å². The first-order valence-electron chi connectivity index (χ1n) is 13.2. The van der Waals surface area contributed by atoms with E-state index in [4.69, 9.17) is 14.2 Å². The Morgan fingerprint density at radius 3 is 1.73 bits per heavy atom. The molecular weight excluding hydrogens is 639 g/mol. The second kappa shape index (κ2) is 13.2. The van der Waals surface area contributed by atoms with Crippen molar-refractivity contribution in [2.45, 2.75) is 22.9 Å². The number of alkyl halides is 3. The molecule has 4 aromatic rings. The summed E-state index contributed by atoms with van der Waals surface area (Å²) in [6.07, 6.45) is -4.15. The summed E-state index contributed by atoms with van der Waals surface area (Å²) < 4.78 is 113. The van der Waals surface area contributed by atoms with Crippen molar-refractivity contribution >= 4 is 48.3 Å². The number of aromatic nitrogens is 1. The standard InChI is InChI=1S/C29H28F3N3O8S2/c1-4-43-27(36)18-34(44(37,38)22-13-9-20(41-2)10-14-22)28-25-8-6-5-7-24(25)26(17-33-28)35(19-29(30,31)32)45(39,40)23-15-11-21(42-3)12-16-23/h5-17H,4,18-19H2,1-3H3. The monoisotopic (exact) mass is 667 g/mol. The lowest BCUT2D eigenvalue weighted by molar-refractivity contribution is -0.141. The zero-order valence-electron chi connectivity index (χ0n) is 24.2. The van der Waals surface area contributed by atoms with Gasteiger partial charge in [0.25, 0.3) is 20.0 Å². The summed E-state index contributed by atoms with van der Waals surface area (Å²) in [6.45, 7) is -1.28. The smallest absolute Gasteiger partial charge is 0.407 e. The molecule has 16 heteroatoms. The van der Waals surface area contributed by atoms with Crippen LogP contribution in [0, 0.1) is 0 Å². The van der Waals surface area contributed by atoms with Crippen LogP contribution in [-0.2, 0) is 29.6 Å². The van der Waals surface area contributed by atoms with Crippen LogP contribution in [-0.4, -0.2) is 67.9 Å². The van der Waals surface area contributed by atoms with E-state index in [2.05, 4.69) is 4.98 Å². The van der Waals surface area contributed by atoms with E-state index in [-0.39, 0.29) is 38.1 Å². The maximum absolute atomic E-state index is 13.9. The van der Waals surface area contributed by atoms with Gasteiger partial charge in [-0.25, -0.2) is 26.1 Å². The molecule has 0 unspecified atom stereocenters. The van der Waals surface area contributed by atoms with E-state index in [9.17, 15) is 34.8 Å². The highest BCUT2D eigenvalue weighted by Crippen LogP contribution is 2.38. The van der Waals surface area contributed by atoms with Gasteiger partial charge >= 0.3 is 12.1 Å². The molecule has 0 N–H and O–H groups in total. The molecule has 3 aromatic carbocycles. The average Bonchev–Trinajstić information content (AvgIpc) is 3.02. The zero-order chi connectivity index (χ0) is 33.0. The number of sulfonamides is 2. The van der Waals surface area contributed by atoms with E-state index in [1.165, 1.54) is 81.8 Å². The van der Waals surface area contributed by atoms with E-state index in [1.54, 1.807) is 0 Å². The summed E-state index contributed by atoms with van der Waals surface area (Å²) >= 11 is 0. The van der Waals surface area contributed by atoms with Crippen molar-refractivity contribution in [3.63, 3.8) is 0 Å². The lowest BCUT2D eigenvalue weighted by Gasteiger charge is -2.28. The molecule has 4 rings (SSSR count). The van der Waals surface area contributed by atoms with Crippen molar-refractivity contribution < 1.29 is 49.0 Å². The SMILES string of the molecule is CCOC(=O)CN(c1ncc(N(CC(F)(F)F)S(=O)(=O)c2ccc(OC)cc2)c2ccccc12)S(=O)(=O)c1ccc(OC)cc1. The van der Waals surface area contributed by atoms with Gasteiger partial charge in [0, 0.05) is 10.8 Å². The van der Waals surface area contributed by atoms with Crippen LogP contribution in [0.3, 0.4) is 0 Å². The molecule has 1 heterocycles. The van der Waals surface area contributed by atoms with Gasteiger partial charge in [-0.1, -0.05) is 24.3 Å². The number of esters is 1. The molecule has 11 nitrogen and oxygen atoms in total. The number of hydrogen-bond donors (Lipinski definition) is 0. The average molecular weight is 668 g/mol. The van der Waals surface area contributed by atoms with Gasteiger partial charge in [-0.2, -0.15) is 13.2 Å². The van der Waals surface area contributed by atoms with Crippen LogP contribution in [0.5, 0.6) is 11.5 Å². The van der Waals surface area contributed by atoms with E-state index in [0.717, 1.165) is 18.3 Å². The van der Waals surface area contributed by atoms with Crippen molar-refractivity contribution in [2.24, 2.45) is 0 Å². The Labute approximate surface area is 257 Å². The van der Waals surface area contributed by atoms with Gasteiger partial charge in [-0.15, -0.1) is 0 Å². The number of ether oxygens (including phenoxy) is 3. The van der Waals surface area contributed by atoms with Crippen LogP contribution in [0.1, 0.15) is 6.92 Å². The molecule has 0 saturated carbocycles. The minimum atomic E-state index is -4.98. The molecule has 0 aliphatic rings. The fraction of sp³-hybridized carbons (Fsp3) is 0.241. The second-order valence-electron chi connectivity index (χ2n) is 9.31.